The van der Waals surface area contributed by atoms with Crippen molar-refractivity contribution in [2.45, 2.75) is 44.2 Å². The highest BCUT2D eigenvalue weighted by Crippen LogP contribution is 2.38. The first kappa shape index (κ1) is 15.9. The number of nitrogens with two attached hydrogens (primary N) is 1. The smallest absolute Gasteiger partial charge is 0.162 e. The zero-order valence-electron chi connectivity index (χ0n) is 13.8. The lowest BCUT2D eigenvalue weighted by Crippen LogP contribution is -2.38. The minimum Gasteiger partial charge on any atom is -0.493 e. The van der Waals surface area contributed by atoms with Crippen molar-refractivity contribution in [3.63, 3.8) is 0 Å². The summed E-state index contributed by atoms with van der Waals surface area (Å²) in [6, 6.07) is 16.3. The minimum absolute atomic E-state index is 0.227. The lowest BCUT2D eigenvalue weighted by molar-refractivity contribution is 0.277. The Morgan fingerprint density at radius 3 is 2.39 bits per heavy atom. The molecule has 2 N–H and O–H groups in total. The van der Waals surface area contributed by atoms with Crippen LogP contribution in [0.5, 0.6) is 11.5 Å². The molecule has 3 heteroatoms. The van der Waals surface area contributed by atoms with Gasteiger partial charge in [-0.2, -0.15) is 0 Å². The molecule has 2 aromatic carbocycles. The highest BCUT2D eigenvalue weighted by molar-refractivity contribution is 5.45. The van der Waals surface area contributed by atoms with Gasteiger partial charge in [-0.25, -0.2) is 0 Å². The van der Waals surface area contributed by atoms with Crippen LogP contribution in [-0.2, 0) is 12.1 Å². The Morgan fingerprint density at radius 2 is 1.70 bits per heavy atom. The second-order valence-electron chi connectivity index (χ2n) is 6.36. The Bertz CT molecular complexity index is 633. The van der Waals surface area contributed by atoms with Crippen LogP contribution in [0.1, 0.15) is 43.2 Å². The maximum Gasteiger partial charge on any atom is 0.162 e. The van der Waals surface area contributed by atoms with Crippen molar-refractivity contribution in [2.75, 3.05) is 7.11 Å². The molecule has 2 aromatic rings. The van der Waals surface area contributed by atoms with E-state index >= 15 is 0 Å². The minimum atomic E-state index is -0.227. The molecule has 1 aliphatic rings. The van der Waals surface area contributed by atoms with Crippen LogP contribution in [0.15, 0.2) is 48.5 Å². The number of methoxy groups -OCH3 is 1. The molecule has 0 atom stereocenters. The van der Waals surface area contributed by atoms with E-state index in [2.05, 4.69) is 24.3 Å². The van der Waals surface area contributed by atoms with Crippen LogP contribution >= 0.6 is 0 Å². The molecule has 0 heterocycles. The molecule has 0 saturated heterocycles. The van der Waals surface area contributed by atoms with E-state index in [9.17, 15) is 0 Å². The first-order chi connectivity index (χ1) is 11.2. The zero-order chi connectivity index (χ0) is 16.1. The van der Waals surface area contributed by atoms with Crippen LogP contribution in [-0.4, -0.2) is 7.11 Å². The van der Waals surface area contributed by atoms with E-state index in [1.165, 1.54) is 19.3 Å². The van der Waals surface area contributed by atoms with E-state index in [-0.39, 0.29) is 5.54 Å². The molecular weight excluding hydrogens is 286 g/mol. The summed E-state index contributed by atoms with van der Waals surface area (Å²) in [5.74, 6) is 1.52. The second-order valence-corrected chi connectivity index (χ2v) is 6.36. The van der Waals surface area contributed by atoms with Crippen molar-refractivity contribution < 1.29 is 9.47 Å². The van der Waals surface area contributed by atoms with Crippen LogP contribution < -0.4 is 15.2 Å². The molecule has 1 aliphatic carbocycles. The maximum atomic E-state index is 6.65. The Morgan fingerprint density at radius 1 is 0.957 bits per heavy atom. The third kappa shape index (κ3) is 3.67. The molecule has 3 rings (SSSR count). The molecule has 0 bridgehead atoms. The van der Waals surface area contributed by atoms with Crippen LogP contribution in [0.3, 0.4) is 0 Å². The van der Waals surface area contributed by atoms with Gasteiger partial charge in [0.15, 0.2) is 11.5 Å². The fraction of sp³-hybridized carbons (Fsp3) is 0.400. The SMILES string of the molecule is COc1ccc(C2(N)CCCCC2)cc1OCc1ccccc1. The number of hydrogen-bond donors (Lipinski definition) is 1. The van der Waals surface area contributed by atoms with Gasteiger partial charge in [-0.1, -0.05) is 55.7 Å². The molecule has 1 saturated carbocycles. The zero-order valence-corrected chi connectivity index (χ0v) is 13.8. The highest BCUT2D eigenvalue weighted by Gasteiger charge is 2.30. The molecule has 1 fully saturated rings. The molecule has 0 amide bonds. The van der Waals surface area contributed by atoms with Gasteiger partial charge >= 0.3 is 0 Å². The summed E-state index contributed by atoms with van der Waals surface area (Å²) in [6.45, 7) is 0.526. The first-order valence-corrected chi connectivity index (χ1v) is 8.35. The average Bonchev–Trinajstić information content (AvgIpc) is 2.61. The predicted molar refractivity (Wildman–Crippen MR) is 92.7 cm³/mol. The molecular formula is C20H25NO2. The largest absolute Gasteiger partial charge is 0.493 e. The lowest BCUT2D eigenvalue weighted by Gasteiger charge is -2.34. The van der Waals surface area contributed by atoms with Crippen LogP contribution in [0.4, 0.5) is 0 Å². The lowest BCUT2D eigenvalue weighted by atomic mass is 9.77. The van der Waals surface area contributed by atoms with Gasteiger partial charge in [0.05, 0.1) is 7.11 Å². The van der Waals surface area contributed by atoms with E-state index in [0.717, 1.165) is 35.5 Å². The molecule has 0 aliphatic heterocycles. The van der Waals surface area contributed by atoms with Crippen LogP contribution in [0.2, 0.25) is 0 Å². The third-order valence-electron chi connectivity index (χ3n) is 4.72. The van der Waals surface area contributed by atoms with Gasteiger partial charge in [-0.15, -0.1) is 0 Å². The Balaban J connectivity index is 1.81. The van der Waals surface area contributed by atoms with Gasteiger partial charge in [0, 0.05) is 5.54 Å². The highest BCUT2D eigenvalue weighted by atomic mass is 16.5. The standard InChI is InChI=1S/C20H25NO2/c1-22-18-11-10-17(20(21)12-6-3-7-13-20)14-19(18)23-15-16-8-4-2-5-9-16/h2,4-5,8-11,14H,3,6-7,12-13,15,21H2,1H3. The van der Waals surface area contributed by atoms with Gasteiger partial charge in [0.25, 0.3) is 0 Å². The Hall–Kier alpha value is -2.00. The van der Waals surface area contributed by atoms with E-state index in [1.807, 2.05) is 24.3 Å². The quantitative estimate of drug-likeness (QED) is 0.890. The van der Waals surface area contributed by atoms with Crippen molar-refractivity contribution in [3.05, 3.63) is 59.7 Å². The molecule has 3 nitrogen and oxygen atoms in total. The summed E-state index contributed by atoms with van der Waals surface area (Å²) in [5.41, 5.74) is 8.72. The van der Waals surface area contributed by atoms with Crippen LogP contribution in [0, 0.1) is 0 Å². The third-order valence-corrected chi connectivity index (χ3v) is 4.72. The van der Waals surface area contributed by atoms with Gasteiger partial charge in [0.2, 0.25) is 0 Å². The maximum absolute atomic E-state index is 6.65. The van der Waals surface area contributed by atoms with E-state index in [0.29, 0.717) is 6.61 Å². The first-order valence-electron chi connectivity index (χ1n) is 8.35. The molecule has 0 radical (unpaired) electrons. The number of ether oxygens (including phenoxy) is 2. The molecule has 0 aromatic heterocycles. The van der Waals surface area contributed by atoms with E-state index < -0.39 is 0 Å². The number of benzene rings is 2. The molecule has 23 heavy (non-hydrogen) atoms. The predicted octanol–water partition coefficient (Wildman–Crippen LogP) is 4.39. The van der Waals surface area contributed by atoms with Crippen molar-refractivity contribution in [1.82, 2.24) is 0 Å². The summed E-state index contributed by atoms with van der Waals surface area (Å²) < 4.78 is 11.5. The summed E-state index contributed by atoms with van der Waals surface area (Å²) in [5, 5.41) is 0. The fourth-order valence-corrected chi connectivity index (χ4v) is 3.31. The summed E-state index contributed by atoms with van der Waals surface area (Å²) in [4.78, 5) is 0. The van der Waals surface area contributed by atoms with Gasteiger partial charge in [-0.05, 0) is 36.1 Å². The normalized spacial score (nSPS) is 16.8. The number of rotatable bonds is 5. The summed E-state index contributed by atoms with van der Waals surface area (Å²) in [6.07, 6.45) is 5.76. The van der Waals surface area contributed by atoms with E-state index in [1.54, 1.807) is 7.11 Å². The summed E-state index contributed by atoms with van der Waals surface area (Å²) in [7, 11) is 1.67. The monoisotopic (exact) mass is 311 g/mol. The molecule has 0 spiro atoms. The molecule has 122 valence electrons. The van der Waals surface area contributed by atoms with Crippen molar-refractivity contribution in [3.8, 4) is 11.5 Å². The molecule has 0 unspecified atom stereocenters. The van der Waals surface area contributed by atoms with Crippen LogP contribution in [0.25, 0.3) is 0 Å². The summed E-state index contributed by atoms with van der Waals surface area (Å²) >= 11 is 0. The van der Waals surface area contributed by atoms with Crippen molar-refractivity contribution >= 4 is 0 Å². The van der Waals surface area contributed by atoms with Crippen molar-refractivity contribution in [1.29, 1.82) is 0 Å². The Labute approximate surface area is 138 Å². The van der Waals surface area contributed by atoms with E-state index in [4.69, 9.17) is 15.2 Å². The topological polar surface area (TPSA) is 44.5 Å². The average molecular weight is 311 g/mol. The van der Waals surface area contributed by atoms with Gasteiger partial charge < -0.3 is 15.2 Å². The second kappa shape index (κ2) is 7.05. The van der Waals surface area contributed by atoms with Gasteiger partial charge in [-0.3, -0.25) is 0 Å². The van der Waals surface area contributed by atoms with Crippen molar-refractivity contribution in [2.24, 2.45) is 5.73 Å². The Kier molecular flexibility index (Phi) is 4.87. The number of hydrogen-bond acceptors (Lipinski definition) is 3. The fourth-order valence-electron chi connectivity index (χ4n) is 3.31. The van der Waals surface area contributed by atoms with Gasteiger partial charge in [0.1, 0.15) is 6.61 Å².